The quantitative estimate of drug-likeness (QED) is 0.880. The number of nitrogens with one attached hydrogen (secondary N) is 1. The molecule has 3 nitrogen and oxygen atoms in total. The van der Waals surface area contributed by atoms with E-state index in [0.29, 0.717) is 13.0 Å². The number of carbonyl (C=O) groups excluding carboxylic acids is 1. The molecule has 0 saturated heterocycles. The number of nitrogens with two attached hydrogens (primary N) is 1. The van der Waals surface area contributed by atoms with E-state index < -0.39 is 0 Å². The highest BCUT2D eigenvalue weighted by Crippen LogP contribution is 2.40. The number of halogens is 1. The molecule has 1 aromatic rings. The first kappa shape index (κ1) is 16.8. The predicted octanol–water partition coefficient (Wildman–Crippen LogP) is 3.78. The van der Waals surface area contributed by atoms with Crippen LogP contribution >= 0.6 is 11.8 Å². The van der Waals surface area contributed by atoms with E-state index in [0.717, 1.165) is 35.5 Å². The lowest BCUT2D eigenvalue weighted by Crippen LogP contribution is -2.40. The topological polar surface area (TPSA) is 55.1 Å². The van der Waals surface area contributed by atoms with Crippen LogP contribution < -0.4 is 11.1 Å². The standard InChI is InChI=1S/C18H25FN2OS/c19-13-4-5-16-14(10-13)15(6-9-23-16)21-17(22)11-18(12-20)7-2-1-3-8-18/h4-5,10,15H,1-3,6-9,11-12,20H2,(H,21,22). The van der Waals surface area contributed by atoms with Crippen molar-refractivity contribution in [2.24, 2.45) is 11.1 Å². The van der Waals surface area contributed by atoms with E-state index in [1.54, 1.807) is 17.8 Å². The van der Waals surface area contributed by atoms with Crippen LogP contribution in [0.3, 0.4) is 0 Å². The number of hydrogen-bond acceptors (Lipinski definition) is 3. The Labute approximate surface area is 141 Å². The van der Waals surface area contributed by atoms with Crippen LogP contribution in [0.1, 0.15) is 56.6 Å². The van der Waals surface area contributed by atoms with Crippen molar-refractivity contribution >= 4 is 17.7 Å². The summed E-state index contributed by atoms with van der Waals surface area (Å²) in [6, 6.07) is 4.79. The Bertz CT molecular complexity index is 572. The van der Waals surface area contributed by atoms with Crippen LogP contribution in [-0.4, -0.2) is 18.2 Å². The summed E-state index contributed by atoms with van der Waals surface area (Å²) in [5.74, 6) is 0.770. The van der Waals surface area contributed by atoms with Crippen molar-refractivity contribution in [1.29, 1.82) is 0 Å². The molecule has 1 saturated carbocycles. The van der Waals surface area contributed by atoms with Gasteiger partial charge in [0.05, 0.1) is 6.04 Å². The third kappa shape index (κ3) is 3.89. The van der Waals surface area contributed by atoms with Gasteiger partial charge in [-0.3, -0.25) is 4.79 Å². The van der Waals surface area contributed by atoms with Gasteiger partial charge in [-0.2, -0.15) is 0 Å². The molecule has 1 heterocycles. The molecule has 1 unspecified atom stereocenters. The molecule has 0 aromatic heterocycles. The van der Waals surface area contributed by atoms with Gasteiger partial charge in [-0.15, -0.1) is 11.8 Å². The average molecular weight is 336 g/mol. The number of rotatable bonds is 4. The lowest BCUT2D eigenvalue weighted by atomic mass is 9.71. The number of hydrogen-bond donors (Lipinski definition) is 2. The first-order chi connectivity index (χ1) is 11.1. The smallest absolute Gasteiger partial charge is 0.221 e. The monoisotopic (exact) mass is 336 g/mol. The van der Waals surface area contributed by atoms with Crippen LogP contribution in [0.15, 0.2) is 23.1 Å². The molecule has 1 amide bonds. The molecule has 3 N–H and O–H groups in total. The van der Waals surface area contributed by atoms with Gasteiger partial charge < -0.3 is 11.1 Å². The lowest BCUT2D eigenvalue weighted by Gasteiger charge is -2.36. The largest absolute Gasteiger partial charge is 0.349 e. The molecule has 1 atom stereocenters. The second-order valence-electron chi connectivity index (χ2n) is 6.88. The van der Waals surface area contributed by atoms with E-state index in [1.807, 2.05) is 6.07 Å². The summed E-state index contributed by atoms with van der Waals surface area (Å²) >= 11 is 1.73. The maximum Gasteiger partial charge on any atom is 0.221 e. The van der Waals surface area contributed by atoms with Gasteiger partial charge >= 0.3 is 0 Å². The molecule has 0 radical (unpaired) electrons. The van der Waals surface area contributed by atoms with Gasteiger partial charge in [0.15, 0.2) is 0 Å². The second kappa shape index (κ2) is 7.22. The van der Waals surface area contributed by atoms with E-state index in [4.69, 9.17) is 5.73 Å². The fourth-order valence-electron chi connectivity index (χ4n) is 3.86. The van der Waals surface area contributed by atoms with Crippen LogP contribution in [-0.2, 0) is 4.79 Å². The predicted molar refractivity (Wildman–Crippen MR) is 91.8 cm³/mol. The number of thioether (sulfide) groups is 1. The maximum absolute atomic E-state index is 13.6. The Morgan fingerprint density at radius 2 is 2.13 bits per heavy atom. The zero-order valence-corrected chi connectivity index (χ0v) is 14.3. The molecular formula is C18H25FN2OS. The SMILES string of the molecule is NCC1(CC(=O)NC2CCSc3ccc(F)cc32)CCCCC1. The first-order valence-electron chi connectivity index (χ1n) is 8.54. The van der Waals surface area contributed by atoms with E-state index in [2.05, 4.69) is 5.32 Å². The highest BCUT2D eigenvalue weighted by molar-refractivity contribution is 7.99. The lowest BCUT2D eigenvalue weighted by molar-refractivity contribution is -0.124. The molecule has 2 aliphatic rings. The zero-order chi connectivity index (χ0) is 16.3. The molecule has 23 heavy (non-hydrogen) atoms. The fraction of sp³-hybridized carbons (Fsp3) is 0.611. The summed E-state index contributed by atoms with van der Waals surface area (Å²) in [6.45, 7) is 0.576. The van der Waals surface area contributed by atoms with E-state index >= 15 is 0 Å². The van der Waals surface area contributed by atoms with Gasteiger partial charge in [0.1, 0.15) is 5.82 Å². The minimum atomic E-state index is -0.240. The molecule has 0 spiro atoms. The van der Waals surface area contributed by atoms with Crippen molar-refractivity contribution in [2.45, 2.75) is 55.9 Å². The molecule has 3 rings (SSSR count). The second-order valence-corrected chi connectivity index (χ2v) is 8.02. The molecule has 1 aromatic carbocycles. The van der Waals surface area contributed by atoms with Crippen LogP contribution in [0.25, 0.3) is 0 Å². The minimum absolute atomic E-state index is 0.0312. The van der Waals surface area contributed by atoms with Crippen molar-refractivity contribution in [2.75, 3.05) is 12.3 Å². The summed E-state index contributed by atoms with van der Waals surface area (Å²) in [5, 5.41) is 3.13. The van der Waals surface area contributed by atoms with E-state index in [9.17, 15) is 9.18 Å². The first-order valence-corrected chi connectivity index (χ1v) is 9.52. The summed E-state index contributed by atoms with van der Waals surface area (Å²) < 4.78 is 13.6. The Balaban J connectivity index is 1.68. The summed E-state index contributed by atoms with van der Waals surface area (Å²) in [4.78, 5) is 13.6. The Morgan fingerprint density at radius 3 is 2.87 bits per heavy atom. The van der Waals surface area contributed by atoms with Gasteiger partial charge in [-0.1, -0.05) is 19.3 Å². The van der Waals surface area contributed by atoms with Gasteiger partial charge in [0.2, 0.25) is 5.91 Å². The Kier molecular flexibility index (Phi) is 5.27. The van der Waals surface area contributed by atoms with Crippen molar-refractivity contribution in [3.63, 3.8) is 0 Å². The molecular weight excluding hydrogens is 311 g/mol. The molecule has 5 heteroatoms. The number of fused-ring (bicyclic) bond motifs is 1. The Hall–Kier alpha value is -1.07. The van der Waals surface area contributed by atoms with Crippen molar-refractivity contribution in [3.8, 4) is 0 Å². The van der Waals surface area contributed by atoms with Crippen molar-refractivity contribution in [1.82, 2.24) is 5.32 Å². The molecule has 126 valence electrons. The summed E-state index contributed by atoms with van der Waals surface area (Å²) in [6.07, 6.45) is 7.01. The highest BCUT2D eigenvalue weighted by Gasteiger charge is 2.34. The molecule has 1 aliphatic heterocycles. The number of amides is 1. The summed E-state index contributed by atoms with van der Waals surface area (Å²) in [7, 11) is 0. The zero-order valence-electron chi connectivity index (χ0n) is 13.4. The van der Waals surface area contributed by atoms with E-state index in [1.165, 1.54) is 25.3 Å². The van der Waals surface area contributed by atoms with E-state index in [-0.39, 0.29) is 23.2 Å². The average Bonchev–Trinajstić information content (AvgIpc) is 2.56. The fourth-order valence-corrected chi connectivity index (χ4v) is 4.96. The van der Waals surface area contributed by atoms with Gasteiger partial charge in [-0.05, 0) is 55.0 Å². The van der Waals surface area contributed by atoms with Crippen molar-refractivity contribution < 1.29 is 9.18 Å². The van der Waals surface area contributed by atoms with Crippen LogP contribution in [0.5, 0.6) is 0 Å². The Morgan fingerprint density at radius 1 is 1.35 bits per heavy atom. The molecule has 1 fully saturated rings. The molecule has 0 bridgehead atoms. The van der Waals surface area contributed by atoms with Gasteiger partial charge in [0.25, 0.3) is 0 Å². The molecule has 1 aliphatic carbocycles. The normalized spacial score (nSPS) is 23.1. The van der Waals surface area contributed by atoms with Crippen LogP contribution in [0.4, 0.5) is 4.39 Å². The van der Waals surface area contributed by atoms with Gasteiger partial charge in [-0.25, -0.2) is 4.39 Å². The minimum Gasteiger partial charge on any atom is -0.349 e. The third-order valence-corrected chi connectivity index (χ3v) is 6.35. The third-order valence-electron chi connectivity index (χ3n) is 5.23. The van der Waals surface area contributed by atoms with Crippen LogP contribution in [0.2, 0.25) is 0 Å². The van der Waals surface area contributed by atoms with Crippen LogP contribution in [0, 0.1) is 11.2 Å². The maximum atomic E-state index is 13.6. The van der Waals surface area contributed by atoms with Crippen molar-refractivity contribution in [3.05, 3.63) is 29.6 Å². The number of carbonyl (C=O) groups is 1. The van der Waals surface area contributed by atoms with Gasteiger partial charge in [0, 0.05) is 17.1 Å². The number of benzene rings is 1. The summed E-state index contributed by atoms with van der Waals surface area (Å²) in [5.41, 5.74) is 6.87. The highest BCUT2D eigenvalue weighted by atomic mass is 32.2.